The van der Waals surface area contributed by atoms with E-state index in [9.17, 15) is 5.11 Å². The lowest BCUT2D eigenvalue weighted by molar-refractivity contribution is -0.0816. The highest BCUT2D eigenvalue weighted by atomic mass is 16.5. The third-order valence-electron chi connectivity index (χ3n) is 3.57. The average Bonchev–Trinajstić information content (AvgIpc) is 2.31. The number of hydrogen-bond donors (Lipinski definition) is 1. The molecule has 3 nitrogen and oxygen atoms in total. The molecule has 0 aliphatic carbocycles. The van der Waals surface area contributed by atoms with Gasteiger partial charge in [-0.15, -0.1) is 0 Å². The normalized spacial score (nSPS) is 27.1. The third-order valence-corrected chi connectivity index (χ3v) is 3.57. The van der Waals surface area contributed by atoms with E-state index in [1.165, 1.54) is 0 Å². The van der Waals surface area contributed by atoms with Gasteiger partial charge in [0, 0.05) is 24.7 Å². The van der Waals surface area contributed by atoms with Gasteiger partial charge in [-0.05, 0) is 26.3 Å². The first-order valence-electron chi connectivity index (χ1n) is 6.79. The summed E-state index contributed by atoms with van der Waals surface area (Å²) in [5.74, 6) is 0.399. The minimum absolute atomic E-state index is 0.258. The summed E-state index contributed by atoms with van der Waals surface area (Å²) in [5.41, 5.74) is 1.03. The molecule has 1 fully saturated rings. The minimum atomic E-state index is 0.258. The second-order valence-electron chi connectivity index (χ2n) is 5.19. The van der Waals surface area contributed by atoms with Gasteiger partial charge < -0.3 is 9.84 Å². The van der Waals surface area contributed by atoms with E-state index in [4.69, 9.17) is 4.74 Å². The zero-order valence-electron chi connectivity index (χ0n) is 11.5. The number of nitrogens with zero attached hydrogens (tertiary/aromatic N) is 1. The Morgan fingerprint density at radius 2 is 1.89 bits per heavy atom. The second-order valence-corrected chi connectivity index (χ2v) is 5.19. The molecule has 1 aliphatic heterocycles. The van der Waals surface area contributed by atoms with Gasteiger partial charge in [0.05, 0.1) is 12.2 Å². The molecule has 0 bridgehead atoms. The number of aromatic hydroxyl groups is 1. The molecule has 3 atom stereocenters. The van der Waals surface area contributed by atoms with Gasteiger partial charge in [0.2, 0.25) is 0 Å². The van der Waals surface area contributed by atoms with E-state index in [0.29, 0.717) is 5.75 Å². The van der Waals surface area contributed by atoms with Crippen molar-refractivity contribution in [3.05, 3.63) is 29.8 Å². The standard InChI is InChI=1S/C15H23NO2/c1-4-14(13-7-5-6-8-15(13)17)16-9-11(2)18-12(3)10-16/h5-8,11-12,14,17H,4,9-10H2,1-3H3/t11-,12+,14?. The number of ether oxygens (including phenoxy) is 1. The topological polar surface area (TPSA) is 32.7 Å². The first-order valence-corrected chi connectivity index (χ1v) is 6.79. The van der Waals surface area contributed by atoms with Crippen LogP contribution in [0, 0.1) is 0 Å². The fourth-order valence-corrected chi connectivity index (χ4v) is 2.92. The van der Waals surface area contributed by atoms with E-state index in [1.807, 2.05) is 18.2 Å². The number of phenolic OH excluding ortho intramolecular Hbond substituents is 1. The quantitative estimate of drug-likeness (QED) is 0.894. The molecule has 1 N–H and O–H groups in total. The molecule has 1 saturated heterocycles. The van der Waals surface area contributed by atoms with Gasteiger partial charge in [0.15, 0.2) is 0 Å². The van der Waals surface area contributed by atoms with Crippen molar-refractivity contribution in [1.29, 1.82) is 0 Å². The highest BCUT2D eigenvalue weighted by molar-refractivity contribution is 5.34. The Morgan fingerprint density at radius 3 is 2.44 bits per heavy atom. The molecule has 0 amide bonds. The fourth-order valence-electron chi connectivity index (χ4n) is 2.92. The van der Waals surface area contributed by atoms with Crippen LogP contribution in [0.2, 0.25) is 0 Å². The lowest BCUT2D eigenvalue weighted by Gasteiger charge is -2.40. The molecule has 3 heteroatoms. The molecule has 0 aromatic heterocycles. The SMILES string of the molecule is CCC(c1ccccc1O)N1C[C@@H](C)O[C@@H](C)C1. The molecule has 18 heavy (non-hydrogen) atoms. The van der Waals surface area contributed by atoms with Gasteiger partial charge in [-0.1, -0.05) is 25.1 Å². The van der Waals surface area contributed by atoms with E-state index >= 15 is 0 Å². The molecule has 0 radical (unpaired) electrons. The Kier molecular flexibility index (Phi) is 4.25. The molecular formula is C15H23NO2. The molecule has 1 aromatic carbocycles. The van der Waals surface area contributed by atoms with Gasteiger partial charge in [0.25, 0.3) is 0 Å². The van der Waals surface area contributed by atoms with E-state index in [1.54, 1.807) is 6.07 Å². The first kappa shape index (κ1) is 13.4. The predicted octanol–water partition coefficient (Wildman–Crippen LogP) is 2.95. The van der Waals surface area contributed by atoms with Crippen LogP contribution in [0.4, 0.5) is 0 Å². The highest BCUT2D eigenvalue weighted by Gasteiger charge is 2.28. The van der Waals surface area contributed by atoms with Crippen LogP contribution in [0.25, 0.3) is 0 Å². The number of phenols is 1. The maximum atomic E-state index is 10.0. The van der Waals surface area contributed by atoms with E-state index in [-0.39, 0.29) is 18.2 Å². The van der Waals surface area contributed by atoms with E-state index in [2.05, 4.69) is 25.7 Å². The van der Waals surface area contributed by atoms with Crippen LogP contribution in [0.5, 0.6) is 5.75 Å². The van der Waals surface area contributed by atoms with Crippen LogP contribution >= 0.6 is 0 Å². The second kappa shape index (κ2) is 5.72. The van der Waals surface area contributed by atoms with Crippen LogP contribution in [-0.2, 0) is 4.74 Å². The van der Waals surface area contributed by atoms with Crippen molar-refractivity contribution in [2.45, 2.75) is 45.4 Å². The van der Waals surface area contributed by atoms with Crippen molar-refractivity contribution >= 4 is 0 Å². The van der Waals surface area contributed by atoms with Crippen LogP contribution < -0.4 is 0 Å². The van der Waals surface area contributed by atoms with Gasteiger partial charge in [-0.25, -0.2) is 0 Å². The first-order chi connectivity index (χ1) is 8.61. The molecule has 1 unspecified atom stereocenters. The summed E-state index contributed by atoms with van der Waals surface area (Å²) < 4.78 is 5.77. The monoisotopic (exact) mass is 249 g/mol. The Labute approximate surface area is 109 Å². The number of rotatable bonds is 3. The zero-order valence-corrected chi connectivity index (χ0v) is 11.5. The zero-order chi connectivity index (χ0) is 13.1. The van der Waals surface area contributed by atoms with E-state index in [0.717, 1.165) is 25.1 Å². The molecule has 2 rings (SSSR count). The Bertz CT molecular complexity index is 384. The van der Waals surface area contributed by atoms with Gasteiger partial charge in [-0.3, -0.25) is 4.90 Å². The number of para-hydroxylation sites is 1. The van der Waals surface area contributed by atoms with Crippen molar-refractivity contribution < 1.29 is 9.84 Å². The van der Waals surface area contributed by atoms with Crippen LogP contribution in [0.1, 0.15) is 38.8 Å². The lowest BCUT2D eigenvalue weighted by Crippen LogP contribution is -2.46. The van der Waals surface area contributed by atoms with Crippen molar-refractivity contribution in [2.75, 3.05) is 13.1 Å². The largest absolute Gasteiger partial charge is 0.508 e. The Balaban J connectivity index is 2.20. The maximum Gasteiger partial charge on any atom is 0.120 e. The molecule has 0 spiro atoms. The van der Waals surface area contributed by atoms with Crippen molar-refractivity contribution in [1.82, 2.24) is 4.90 Å². The lowest BCUT2D eigenvalue weighted by atomic mass is 10.00. The summed E-state index contributed by atoms with van der Waals surface area (Å²) in [6.07, 6.45) is 1.51. The van der Waals surface area contributed by atoms with Crippen molar-refractivity contribution in [2.24, 2.45) is 0 Å². The third kappa shape index (κ3) is 2.85. The molecule has 100 valence electrons. The maximum absolute atomic E-state index is 10.0. The van der Waals surface area contributed by atoms with Gasteiger partial charge in [-0.2, -0.15) is 0 Å². The van der Waals surface area contributed by atoms with Gasteiger partial charge >= 0.3 is 0 Å². The molecule has 0 saturated carbocycles. The average molecular weight is 249 g/mol. The smallest absolute Gasteiger partial charge is 0.120 e. The number of hydrogen-bond acceptors (Lipinski definition) is 3. The van der Waals surface area contributed by atoms with Crippen molar-refractivity contribution in [3.8, 4) is 5.75 Å². The highest BCUT2D eigenvalue weighted by Crippen LogP contribution is 2.32. The fraction of sp³-hybridized carbons (Fsp3) is 0.600. The Morgan fingerprint density at radius 1 is 1.28 bits per heavy atom. The van der Waals surface area contributed by atoms with Crippen LogP contribution in [-0.4, -0.2) is 35.3 Å². The van der Waals surface area contributed by atoms with Crippen molar-refractivity contribution in [3.63, 3.8) is 0 Å². The summed E-state index contributed by atoms with van der Waals surface area (Å²) in [5, 5.41) is 10.0. The summed E-state index contributed by atoms with van der Waals surface area (Å²) >= 11 is 0. The summed E-state index contributed by atoms with van der Waals surface area (Å²) in [4.78, 5) is 2.42. The van der Waals surface area contributed by atoms with Crippen LogP contribution in [0.15, 0.2) is 24.3 Å². The molecular weight excluding hydrogens is 226 g/mol. The van der Waals surface area contributed by atoms with Crippen LogP contribution in [0.3, 0.4) is 0 Å². The summed E-state index contributed by atoms with van der Waals surface area (Å²) in [7, 11) is 0. The summed E-state index contributed by atoms with van der Waals surface area (Å²) in [6, 6.07) is 7.93. The molecule has 1 aromatic rings. The summed E-state index contributed by atoms with van der Waals surface area (Å²) in [6.45, 7) is 8.25. The number of benzene rings is 1. The molecule has 1 aliphatic rings. The minimum Gasteiger partial charge on any atom is -0.508 e. The van der Waals surface area contributed by atoms with E-state index < -0.39 is 0 Å². The number of morpholine rings is 1. The Hall–Kier alpha value is -1.06. The van der Waals surface area contributed by atoms with Gasteiger partial charge in [0.1, 0.15) is 5.75 Å². The predicted molar refractivity (Wildman–Crippen MR) is 72.7 cm³/mol. The molecule has 1 heterocycles.